The lowest BCUT2D eigenvalue weighted by molar-refractivity contribution is -0.142. The Labute approximate surface area is 385 Å². The van der Waals surface area contributed by atoms with Crippen LogP contribution in [0, 0.1) is 11.3 Å². The maximum Gasteiger partial charge on any atom is 0.259 e. The van der Waals surface area contributed by atoms with E-state index in [0.29, 0.717) is 56.8 Å². The Morgan fingerprint density at radius 2 is 1.75 bits per heavy atom. The number of hydrogen-bond donors (Lipinski definition) is 3. The number of carbonyl (C=O) groups excluding carboxylic acids is 3. The zero-order valence-corrected chi connectivity index (χ0v) is 38.9. The van der Waals surface area contributed by atoms with E-state index in [1.54, 1.807) is 18.2 Å². The summed E-state index contributed by atoms with van der Waals surface area (Å²) in [7, 11) is -2.58. The molecule has 1 aromatic heterocycles. The SMILES string of the molecule is COc1cnc(O[C@@H]2C[C@@H](C(=O)N[C@]3(C(=O)NS(=O)(=O)C4CC4)C[C@H]3CC(F)F)N(C(=O)[C@@H](N=C3NC(C)(c4ccc(Oc5ccccc5)cc4)CS3)C(C)(C)C)C2)c2cc(Cl)ccc12. The molecule has 1 unspecified atom stereocenters. The number of aliphatic imine (C=N–C) groups is 1. The molecule has 3 amide bonds. The number of benzene rings is 3. The van der Waals surface area contributed by atoms with Crippen LogP contribution in [0.3, 0.4) is 0 Å². The van der Waals surface area contributed by atoms with Crippen molar-refractivity contribution in [1.29, 1.82) is 0 Å². The van der Waals surface area contributed by atoms with Crippen molar-refractivity contribution in [3.05, 3.63) is 89.6 Å². The fraction of sp³-hybridized carbons (Fsp3) is 0.457. The number of methoxy groups -OCH3 is 1. The predicted octanol–water partition coefficient (Wildman–Crippen LogP) is 7.20. The van der Waals surface area contributed by atoms with Crippen LogP contribution >= 0.6 is 23.4 Å². The number of alkyl halides is 2. The second-order valence-electron chi connectivity index (χ2n) is 18.4. The third kappa shape index (κ3) is 9.99. The predicted molar refractivity (Wildman–Crippen MR) is 244 cm³/mol. The molecule has 2 saturated heterocycles. The summed E-state index contributed by atoms with van der Waals surface area (Å²) in [4.78, 5) is 54.2. The molecule has 65 heavy (non-hydrogen) atoms. The summed E-state index contributed by atoms with van der Waals surface area (Å²) in [6.45, 7) is 7.50. The number of rotatable bonds is 15. The molecule has 3 heterocycles. The average Bonchev–Trinajstić information content (AvgIpc) is 4.15. The number of thioether (sulfide) groups is 1. The van der Waals surface area contributed by atoms with Crippen molar-refractivity contribution >= 4 is 67.0 Å². The van der Waals surface area contributed by atoms with Gasteiger partial charge in [-0.3, -0.25) is 19.1 Å². The second kappa shape index (κ2) is 17.9. The number of para-hydroxylation sites is 1. The van der Waals surface area contributed by atoms with Gasteiger partial charge in [0.05, 0.1) is 30.6 Å². The molecule has 3 N–H and O–H groups in total. The minimum atomic E-state index is -4.09. The molecule has 0 bridgehead atoms. The minimum Gasteiger partial charge on any atom is -0.494 e. The molecule has 0 radical (unpaired) electrons. The molecule has 2 aliphatic carbocycles. The molecular weight excluding hydrogens is 902 g/mol. The normalized spacial score (nSPS) is 25.3. The molecule has 6 atom stereocenters. The highest BCUT2D eigenvalue weighted by molar-refractivity contribution is 8.14. The smallest absolute Gasteiger partial charge is 0.259 e. The van der Waals surface area contributed by atoms with Gasteiger partial charge in [0.25, 0.3) is 5.91 Å². The van der Waals surface area contributed by atoms with E-state index in [1.807, 2.05) is 87.0 Å². The van der Waals surface area contributed by atoms with Gasteiger partial charge in [-0.25, -0.2) is 27.2 Å². The first-order valence-corrected chi connectivity index (χ1v) is 24.3. The number of carbonyl (C=O) groups is 3. The molecule has 2 saturated carbocycles. The molecular formula is C46H51ClF2N6O8S2. The van der Waals surface area contributed by atoms with Crippen molar-refractivity contribution < 1.29 is 45.8 Å². The van der Waals surface area contributed by atoms with Crippen LogP contribution in [0.25, 0.3) is 10.8 Å². The second-order valence-corrected chi connectivity index (χ2v) is 21.7. The maximum atomic E-state index is 15.1. The zero-order chi connectivity index (χ0) is 46.5. The summed E-state index contributed by atoms with van der Waals surface area (Å²) in [6, 6.07) is 20.0. The van der Waals surface area contributed by atoms with Gasteiger partial charge < -0.3 is 29.7 Å². The van der Waals surface area contributed by atoms with Gasteiger partial charge >= 0.3 is 0 Å². The van der Waals surface area contributed by atoms with Gasteiger partial charge in [0, 0.05) is 34.4 Å². The van der Waals surface area contributed by atoms with Gasteiger partial charge in [0.1, 0.15) is 41.0 Å². The van der Waals surface area contributed by atoms with Crippen molar-refractivity contribution in [2.75, 3.05) is 19.4 Å². The first kappa shape index (κ1) is 46.3. The van der Waals surface area contributed by atoms with E-state index >= 15 is 4.79 Å². The molecule has 3 aromatic carbocycles. The number of pyridine rings is 1. The molecule has 0 spiro atoms. The summed E-state index contributed by atoms with van der Waals surface area (Å²) in [5.41, 5.74) is -2.31. The average molecular weight is 954 g/mol. The number of nitrogens with zero attached hydrogens (tertiary/aromatic N) is 3. The Bertz CT molecular complexity index is 2620. The lowest BCUT2D eigenvalue weighted by atomic mass is 9.86. The fourth-order valence-corrected chi connectivity index (χ4v) is 11.1. The maximum absolute atomic E-state index is 15.1. The summed E-state index contributed by atoms with van der Waals surface area (Å²) in [5.74, 6) is -0.844. The lowest BCUT2D eigenvalue weighted by Gasteiger charge is -2.33. The molecule has 4 aliphatic rings. The standard InChI is InChI=1S/C46H51ClF2N6O8S2/c1-44(2,3)38(51-43-53-45(4,25-64-43)26-11-14-30(15-12-26)62-29-9-7-6-8-10-29)41(57)55-24-31(63-40-34-20-28(47)13-18-33(34)36(61-5)23-50-40)21-35(55)39(56)52-46(22-27(46)19-37(48)49)42(58)54-65(59,60)32-16-17-32/h6-15,18,20,23,27,31-32,35,37-38H,16-17,19,21-22,24-25H2,1-5H3,(H,51,53)(H,52,56)(H,54,58)/t27-,31-,35+,38-,45?,46-/m1/s1. The molecule has 2 aliphatic heterocycles. The molecule has 4 aromatic rings. The van der Waals surface area contributed by atoms with E-state index in [9.17, 15) is 26.8 Å². The lowest BCUT2D eigenvalue weighted by Crippen LogP contribution is -2.58. The van der Waals surface area contributed by atoms with E-state index in [4.69, 9.17) is 30.8 Å². The number of sulfonamides is 1. The first-order valence-electron chi connectivity index (χ1n) is 21.4. The molecule has 8 rings (SSSR count). The van der Waals surface area contributed by atoms with E-state index in [2.05, 4.69) is 15.6 Å². The highest BCUT2D eigenvalue weighted by atomic mass is 35.5. The Morgan fingerprint density at radius 1 is 1.05 bits per heavy atom. The van der Waals surface area contributed by atoms with E-state index in [-0.39, 0.29) is 25.3 Å². The largest absolute Gasteiger partial charge is 0.494 e. The Balaban J connectivity index is 1.08. The van der Waals surface area contributed by atoms with Gasteiger partial charge in [0.15, 0.2) is 5.17 Å². The van der Waals surface area contributed by atoms with Crippen molar-refractivity contribution in [3.8, 4) is 23.1 Å². The summed E-state index contributed by atoms with van der Waals surface area (Å²) in [6.07, 6.45) is -2.49. The number of likely N-dealkylation sites (tertiary alicyclic amines) is 1. The van der Waals surface area contributed by atoms with Crippen molar-refractivity contribution in [1.82, 2.24) is 25.2 Å². The van der Waals surface area contributed by atoms with Crippen molar-refractivity contribution in [2.45, 2.75) is 101 Å². The van der Waals surface area contributed by atoms with Crippen LogP contribution in [0.2, 0.25) is 5.02 Å². The van der Waals surface area contributed by atoms with Gasteiger partial charge in [-0.05, 0) is 85.5 Å². The number of amides is 3. The van der Waals surface area contributed by atoms with Gasteiger partial charge in [-0.15, -0.1) is 0 Å². The van der Waals surface area contributed by atoms with Crippen LogP contribution in [0.15, 0.2) is 84.0 Å². The third-order valence-corrected chi connectivity index (χ3v) is 15.5. The zero-order valence-electron chi connectivity index (χ0n) is 36.5. The topological polar surface area (TPSA) is 178 Å². The summed E-state index contributed by atoms with van der Waals surface area (Å²) in [5, 5.41) is 7.51. The molecule has 14 nitrogen and oxygen atoms in total. The Hall–Kier alpha value is -5.20. The fourth-order valence-electron chi connectivity index (χ4n) is 8.41. The number of halogens is 3. The van der Waals surface area contributed by atoms with Crippen molar-refractivity contribution in [3.63, 3.8) is 0 Å². The Kier molecular flexibility index (Phi) is 12.7. The monoisotopic (exact) mass is 952 g/mol. The Morgan fingerprint density at radius 3 is 2.42 bits per heavy atom. The number of amidine groups is 1. The number of ether oxygens (including phenoxy) is 3. The number of nitrogens with one attached hydrogen (secondary N) is 3. The van der Waals surface area contributed by atoms with Crippen LogP contribution in [-0.2, 0) is 29.9 Å². The summed E-state index contributed by atoms with van der Waals surface area (Å²) >= 11 is 7.84. The third-order valence-electron chi connectivity index (χ3n) is 12.3. The van der Waals surface area contributed by atoms with Crippen LogP contribution in [0.4, 0.5) is 8.78 Å². The highest BCUT2D eigenvalue weighted by Gasteiger charge is 2.63. The van der Waals surface area contributed by atoms with Crippen molar-refractivity contribution in [2.24, 2.45) is 16.3 Å². The van der Waals surface area contributed by atoms with Gasteiger partial charge in [-0.1, -0.05) is 74.5 Å². The van der Waals surface area contributed by atoms with Crippen LogP contribution in [-0.4, -0.2) is 96.0 Å². The summed E-state index contributed by atoms with van der Waals surface area (Å²) < 4.78 is 73.3. The van der Waals surface area contributed by atoms with Gasteiger partial charge in [0.2, 0.25) is 34.1 Å². The van der Waals surface area contributed by atoms with E-state index in [0.717, 1.165) is 5.56 Å². The van der Waals surface area contributed by atoms with Gasteiger partial charge in [-0.2, -0.15) is 0 Å². The van der Waals surface area contributed by atoms with Crippen LogP contribution in [0.5, 0.6) is 23.1 Å². The number of aromatic nitrogens is 1. The van der Waals surface area contributed by atoms with Crippen LogP contribution < -0.4 is 29.6 Å². The quantitative estimate of drug-likeness (QED) is 0.110. The first-order chi connectivity index (χ1) is 30.8. The minimum absolute atomic E-state index is 0.0899. The number of hydrogen-bond acceptors (Lipinski definition) is 11. The molecule has 346 valence electrons. The molecule has 4 fully saturated rings. The van der Waals surface area contributed by atoms with Crippen LogP contribution in [0.1, 0.15) is 65.4 Å². The molecule has 19 heteroatoms. The number of fused-ring (bicyclic) bond motifs is 1. The van der Waals surface area contributed by atoms with E-state index < -0.39 is 86.4 Å². The van der Waals surface area contributed by atoms with E-state index in [1.165, 1.54) is 30.0 Å². The highest BCUT2D eigenvalue weighted by Crippen LogP contribution is 2.48.